The number of thiazole rings is 1. The molecule has 8 heteroatoms. The Morgan fingerprint density at radius 2 is 2.07 bits per heavy atom. The third kappa shape index (κ3) is 4.51. The van der Waals surface area contributed by atoms with E-state index in [0.29, 0.717) is 30.0 Å². The van der Waals surface area contributed by atoms with Crippen molar-refractivity contribution >= 4 is 23.2 Å². The van der Waals surface area contributed by atoms with Gasteiger partial charge < -0.3 is 14.7 Å². The Balaban J connectivity index is 1.78. The number of likely N-dealkylation sites (tertiary alicyclic amines) is 1. The number of ether oxygens (including phenoxy) is 1. The van der Waals surface area contributed by atoms with Gasteiger partial charge in [-0.15, -0.1) is 11.3 Å². The minimum atomic E-state index is -0.937. The second kappa shape index (κ2) is 8.14. The number of aryl methyl sites for hydroxylation is 1. The monoisotopic (exact) mass is 392 g/mol. The smallest absolute Gasteiger partial charge is 0.305 e. The first kappa shape index (κ1) is 19.4. The van der Waals surface area contributed by atoms with E-state index in [0.717, 1.165) is 10.6 Å². The number of carbonyl (C=O) groups excluding carboxylic acids is 1. The van der Waals surface area contributed by atoms with Crippen LogP contribution >= 0.6 is 11.3 Å². The first-order valence-electron chi connectivity index (χ1n) is 8.63. The SMILES string of the molecule is COC1CC(CC(=O)O)N(C(=O)c2sc(Cc3ccc(F)cc3)nc2C)C1. The molecule has 27 heavy (non-hydrogen) atoms. The fourth-order valence-electron chi connectivity index (χ4n) is 3.32. The van der Waals surface area contributed by atoms with E-state index in [1.165, 1.54) is 23.5 Å². The van der Waals surface area contributed by atoms with Crippen LogP contribution in [0.4, 0.5) is 4.39 Å². The van der Waals surface area contributed by atoms with Crippen molar-refractivity contribution in [3.05, 3.63) is 51.2 Å². The summed E-state index contributed by atoms with van der Waals surface area (Å²) in [5.41, 5.74) is 1.53. The topological polar surface area (TPSA) is 79.7 Å². The molecule has 1 aliphatic rings. The summed E-state index contributed by atoms with van der Waals surface area (Å²) < 4.78 is 18.4. The number of carboxylic acids is 1. The number of benzene rings is 1. The molecular weight excluding hydrogens is 371 g/mol. The highest BCUT2D eigenvalue weighted by atomic mass is 32.1. The van der Waals surface area contributed by atoms with Crippen molar-refractivity contribution in [3.8, 4) is 0 Å². The van der Waals surface area contributed by atoms with Crippen LogP contribution in [0.25, 0.3) is 0 Å². The number of methoxy groups -OCH3 is 1. The molecule has 144 valence electrons. The van der Waals surface area contributed by atoms with Crippen LogP contribution in [0.3, 0.4) is 0 Å². The molecular formula is C19H21FN2O4S. The first-order chi connectivity index (χ1) is 12.9. The summed E-state index contributed by atoms with van der Waals surface area (Å²) in [4.78, 5) is 30.7. The zero-order chi connectivity index (χ0) is 19.6. The number of amides is 1. The van der Waals surface area contributed by atoms with E-state index in [1.54, 1.807) is 31.1 Å². The number of hydrogen-bond donors (Lipinski definition) is 1. The Labute approximate surface area is 160 Å². The highest BCUT2D eigenvalue weighted by Gasteiger charge is 2.38. The molecule has 1 aromatic heterocycles. The van der Waals surface area contributed by atoms with E-state index in [9.17, 15) is 14.0 Å². The van der Waals surface area contributed by atoms with Gasteiger partial charge in [0, 0.05) is 26.1 Å². The summed E-state index contributed by atoms with van der Waals surface area (Å²) in [5.74, 6) is -1.44. The summed E-state index contributed by atoms with van der Waals surface area (Å²) in [7, 11) is 1.56. The Morgan fingerprint density at radius 1 is 1.37 bits per heavy atom. The molecule has 6 nitrogen and oxygen atoms in total. The zero-order valence-corrected chi connectivity index (χ0v) is 16.0. The van der Waals surface area contributed by atoms with E-state index in [1.807, 2.05) is 0 Å². The molecule has 1 saturated heterocycles. The molecule has 1 aliphatic heterocycles. The van der Waals surface area contributed by atoms with Crippen molar-refractivity contribution in [3.63, 3.8) is 0 Å². The van der Waals surface area contributed by atoms with Crippen LogP contribution in [0.2, 0.25) is 0 Å². The molecule has 2 aromatic rings. The molecule has 0 spiro atoms. The van der Waals surface area contributed by atoms with Crippen LogP contribution < -0.4 is 0 Å². The van der Waals surface area contributed by atoms with Gasteiger partial charge >= 0.3 is 5.97 Å². The second-order valence-corrected chi connectivity index (χ2v) is 7.71. The van der Waals surface area contributed by atoms with Crippen LogP contribution in [0.15, 0.2) is 24.3 Å². The number of aliphatic carboxylic acids is 1. The average Bonchev–Trinajstić information content (AvgIpc) is 3.19. The lowest BCUT2D eigenvalue weighted by Gasteiger charge is -2.22. The van der Waals surface area contributed by atoms with Crippen molar-refractivity contribution in [1.29, 1.82) is 0 Å². The number of rotatable bonds is 6. The second-order valence-electron chi connectivity index (χ2n) is 6.63. The van der Waals surface area contributed by atoms with Crippen LogP contribution in [-0.2, 0) is 16.0 Å². The standard InChI is InChI=1S/C19H21FN2O4S/c1-11-18(27-16(21-11)7-12-3-5-13(20)6-4-12)19(25)22-10-15(26-2)8-14(22)9-17(23)24/h3-6,14-15H,7-10H2,1-2H3,(H,23,24). The molecule has 2 unspecified atom stereocenters. The van der Waals surface area contributed by atoms with E-state index < -0.39 is 5.97 Å². The third-order valence-corrected chi connectivity index (χ3v) is 5.83. The van der Waals surface area contributed by atoms with Gasteiger partial charge in [0.1, 0.15) is 10.7 Å². The van der Waals surface area contributed by atoms with Crippen LogP contribution in [-0.4, -0.2) is 52.7 Å². The lowest BCUT2D eigenvalue weighted by Crippen LogP contribution is -2.37. The molecule has 1 amide bonds. The lowest BCUT2D eigenvalue weighted by molar-refractivity contribution is -0.137. The molecule has 1 N–H and O–H groups in total. The number of halogens is 1. The van der Waals surface area contributed by atoms with Crippen molar-refractivity contribution in [2.45, 2.75) is 38.3 Å². The Morgan fingerprint density at radius 3 is 2.70 bits per heavy atom. The van der Waals surface area contributed by atoms with Gasteiger partial charge in [-0.3, -0.25) is 9.59 Å². The predicted octanol–water partition coefficient (Wildman–Crippen LogP) is 2.89. The van der Waals surface area contributed by atoms with Gasteiger partial charge in [0.2, 0.25) is 0 Å². The van der Waals surface area contributed by atoms with Gasteiger partial charge in [-0.05, 0) is 31.0 Å². The number of carboxylic acid groups (broad SMARTS) is 1. The third-order valence-electron chi connectivity index (χ3n) is 4.68. The van der Waals surface area contributed by atoms with Crippen molar-refractivity contribution in [1.82, 2.24) is 9.88 Å². The van der Waals surface area contributed by atoms with Crippen LogP contribution in [0, 0.1) is 12.7 Å². The van der Waals surface area contributed by atoms with Crippen molar-refractivity contribution in [2.75, 3.05) is 13.7 Å². The molecule has 0 aliphatic carbocycles. The fourth-order valence-corrected chi connectivity index (χ4v) is 4.38. The van der Waals surface area contributed by atoms with E-state index in [-0.39, 0.29) is 30.3 Å². The molecule has 0 saturated carbocycles. The molecule has 3 rings (SSSR count). The largest absolute Gasteiger partial charge is 0.481 e. The maximum atomic E-state index is 13.0. The maximum absolute atomic E-state index is 13.0. The van der Waals surface area contributed by atoms with Crippen molar-refractivity contribution < 1.29 is 23.8 Å². The van der Waals surface area contributed by atoms with Gasteiger partial charge in [-0.1, -0.05) is 12.1 Å². The maximum Gasteiger partial charge on any atom is 0.305 e. The number of carbonyl (C=O) groups is 2. The molecule has 0 radical (unpaired) electrons. The highest BCUT2D eigenvalue weighted by molar-refractivity contribution is 7.13. The molecule has 1 fully saturated rings. The van der Waals surface area contributed by atoms with E-state index in [4.69, 9.17) is 9.84 Å². The van der Waals surface area contributed by atoms with E-state index >= 15 is 0 Å². The van der Waals surface area contributed by atoms with Gasteiger partial charge in [0.25, 0.3) is 5.91 Å². The Kier molecular flexibility index (Phi) is 5.86. The summed E-state index contributed by atoms with van der Waals surface area (Å²) in [6.45, 7) is 2.14. The zero-order valence-electron chi connectivity index (χ0n) is 15.1. The lowest BCUT2D eigenvalue weighted by atomic mass is 10.1. The van der Waals surface area contributed by atoms with Gasteiger partial charge in [-0.2, -0.15) is 0 Å². The van der Waals surface area contributed by atoms with Crippen LogP contribution in [0.1, 0.15) is 38.8 Å². The van der Waals surface area contributed by atoms with E-state index in [2.05, 4.69) is 4.98 Å². The van der Waals surface area contributed by atoms with Crippen molar-refractivity contribution in [2.24, 2.45) is 0 Å². The molecule has 0 bridgehead atoms. The number of aromatic nitrogens is 1. The van der Waals surface area contributed by atoms with Crippen LogP contribution in [0.5, 0.6) is 0 Å². The van der Waals surface area contributed by atoms with Gasteiger partial charge in [0.15, 0.2) is 0 Å². The van der Waals surface area contributed by atoms with Gasteiger partial charge in [0.05, 0.1) is 23.2 Å². The predicted molar refractivity (Wildman–Crippen MR) is 98.5 cm³/mol. The molecule has 2 atom stereocenters. The summed E-state index contributed by atoms with van der Waals surface area (Å²) in [6, 6.07) is 5.79. The first-order valence-corrected chi connectivity index (χ1v) is 9.45. The average molecular weight is 392 g/mol. The quantitative estimate of drug-likeness (QED) is 0.818. The Hall–Kier alpha value is -2.32. The molecule has 1 aromatic carbocycles. The minimum Gasteiger partial charge on any atom is -0.481 e. The summed E-state index contributed by atoms with van der Waals surface area (Å²) in [6.07, 6.45) is 0.754. The summed E-state index contributed by atoms with van der Waals surface area (Å²) >= 11 is 1.30. The normalized spacial score (nSPS) is 19.4. The van der Waals surface area contributed by atoms with Gasteiger partial charge in [-0.25, -0.2) is 9.37 Å². The Bertz CT molecular complexity index is 837. The highest BCUT2D eigenvalue weighted by Crippen LogP contribution is 2.28. The number of nitrogens with zero attached hydrogens (tertiary/aromatic N) is 2. The minimum absolute atomic E-state index is 0.105. The summed E-state index contributed by atoms with van der Waals surface area (Å²) in [5, 5.41) is 9.89. The molecule has 2 heterocycles. The number of hydrogen-bond acceptors (Lipinski definition) is 5. The fraction of sp³-hybridized carbons (Fsp3) is 0.421.